The summed E-state index contributed by atoms with van der Waals surface area (Å²) in [6.45, 7) is 0. The Kier molecular flexibility index (Phi) is 4.88. The lowest BCUT2D eigenvalue weighted by Gasteiger charge is -2.33. The predicted molar refractivity (Wildman–Crippen MR) is 88.1 cm³/mol. The molecule has 0 bridgehead atoms. The van der Waals surface area contributed by atoms with Crippen LogP contribution in [0.3, 0.4) is 0 Å². The zero-order valence-electron chi connectivity index (χ0n) is 13.8. The van der Waals surface area contributed by atoms with E-state index in [2.05, 4.69) is 5.32 Å². The molecule has 3 rings (SSSR count). The number of hydrogen-bond donors (Lipinski definition) is 2. The van der Waals surface area contributed by atoms with Gasteiger partial charge in [0.25, 0.3) is 0 Å². The zero-order chi connectivity index (χ0) is 17.2. The van der Waals surface area contributed by atoms with Crippen molar-refractivity contribution in [2.75, 3.05) is 0 Å². The number of hydrogen-bond acceptors (Lipinski definition) is 2. The number of aliphatic carboxylic acids is 1. The van der Waals surface area contributed by atoms with Crippen molar-refractivity contribution in [3.05, 3.63) is 35.6 Å². The molecule has 2 N–H and O–H groups in total. The number of carbonyl (C=O) groups excluding carboxylic acids is 1. The molecule has 4 nitrogen and oxygen atoms in total. The summed E-state index contributed by atoms with van der Waals surface area (Å²) < 4.78 is 13.2. The van der Waals surface area contributed by atoms with Gasteiger partial charge in [-0.2, -0.15) is 0 Å². The normalized spacial score (nSPS) is 26.0. The lowest BCUT2D eigenvalue weighted by molar-refractivity contribution is -0.142. The third-order valence-corrected chi connectivity index (χ3v) is 5.70. The minimum absolute atomic E-state index is 0.0189. The standard InChI is InChI=1S/C19H24FNO3/c20-15-7-5-14(6-8-15)19(11-1-2-12-19)18(24)21-16-9-3-13(4-10-16)17(22)23/h5-8,13,16H,1-4,9-12H2,(H,21,24)(H,22,23). The fraction of sp³-hybridized carbons (Fsp3) is 0.579. The first-order valence-corrected chi connectivity index (χ1v) is 8.81. The molecular formula is C19H24FNO3. The van der Waals surface area contributed by atoms with Gasteiger partial charge < -0.3 is 10.4 Å². The Morgan fingerprint density at radius 2 is 1.62 bits per heavy atom. The van der Waals surface area contributed by atoms with E-state index in [9.17, 15) is 14.0 Å². The van der Waals surface area contributed by atoms with Crippen LogP contribution in [0, 0.1) is 11.7 Å². The van der Waals surface area contributed by atoms with E-state index < -0.39 is 11.4 Å². The number of halogens is 1. The van der Waals surface area contributed by atoms with Gasteiger partial charge in [-0.25, -0.2) is 4.39 Å². The first-order chi connectivity index (χ1) is 11.5. The Labute approximate surface area is 141 Å². The highest BCUT2D eigenvalue weighted by molar-refractivity contribution is 5.88. The van der Waals surface area contributed by atoms with Crippen LogP contribution >= 0.6 is 0 Å². The van der Waals surface area contributed by atoms with Gasteiger partial charge in [-0.05, 0) is 56.2 Å². The van der Waals surface area contributed by atoms with E-state index in [4.69, 9.17) is 5.11 Å². The minimum Gasteiger partial charge on any atom is -0.481 e. The minimum atomic E-state index is -0.738. The molecule has 5 heteroatoms. The predicted octanol–water partition coefficient (Wildman–Crippen LogP) is 3.40. The second-order valence-electron chi connectivity index (χ2n) is 7.16. The van der Waals surface area contributed by atoms with Gasteiger partial charge in [0.1, 0.15) is 5.82 Å². The highest BCUT2D eigenvalue weighted by atomic mass is 19.1. The van der Waals surface area contributed by atoms with Crippen molar-refractivity contribution >= 4 is 11.9 Å². The molecule has 1 aromatic carbocycles. The fourth-order valence-corrected chi connectivity index (χ4v) is 4.20. The maximum Gasteiger partial charge on any atom is 0.306 e. The molecule has 2 aliphatic rings. The summed E-state index contributed by atoms with van der Waals surface area (Å²) in [5, 5.41) is 12.2. The van der Waals surface area contributed by atoms with Gasteiger partial charge >= 0.3 is 5.97 Å². The van der Waals surface area contributed by atoms with Gasteiger partial charge in [-0.1, -0.05) is 25.0 Å². The van der Waals surface area contributed by atoms with Crippen LogP contribution in [0.4, 0.5) is 4.39 Å². The Hall–Kier alpha value is -1.91. The van der Waals surface area contributed by atoms with E-state index in [1.165, 1.54) is 12.1 Å². The van der Waals surface area contributed by atoms with E-state index >= 15 is 0 Å². The number of benzene rings is 1. The number of rotatable bonds is 4. The second-order valence-corrected chi connectivity index (χ2v) is 7.16. The third-order valence-electron chi connectivity index (χ3n) is 5.70. The van der Waals surface area contributed by atoms with Crippen molar-refractivity contribution in [3.63, 3.8) is 0 Å². The summed E-state index contributed by atoms with van der Waals surface area (Å²) in [5.74, 6) is -1.29. The summed E-state index contributed by atoms with van der Waals surface area (Å²) in [5.41, 5.74) is 0.329. The van der Waals surface area contributed by atoms with Crippen molar-refractivity contribution in [1.29, 1.82) is 0 Å². The lowest BCUT2D eigenvalue weighted by Crippen LogP contribution is -2.48. The Bertz CT molecular complexity index is 600. The summed E-state index contributed by atoms with van der Waals surface area (Å²) in [7, 11) is 0. The van der Waals surface area contributed by atoms with Crippen LogP contribution in [0.2, 0.25) is 0 Å². The first-order valence-electron chi connectivity index (χ1n) is 8.81. The van der Waals surface area contributed by atoms with Gasteiger partial charge in [0, 0.05) is 6.04 Å². The smallest absolute Gasteiger partial charge is 0.306 e. The van der Waals surface area contributed by atoms with E-state index in [-0.39, 0.29) is 23.7 Å². The number of carboxylic acid groups (broad SMARTS) is 1. The number of carbonyl (C=O) groups is 2. The van der Waals surface area contributed by atoms with Crippen LogP contribution in [-0.4, -0.2) is 23.0 Å². The van der Waals surface area contributed by atoms with Gasteiger partial charge in [0.05, 0.1) is 11.3 Å². The van der Waals surface area contributed by atoms with Crippen LogP contribution in [0.5, 0.6) is 0 Å². The molecule has 0 unspecified atom stereocenters. The molecule has 1 aromatic rings. The van der Waals surface area contributed by atoms with Crippen molar-refractivity contribution in [2.24, 2.45) is 5.92 Å². The number of nitrogens with one attached hydrogen (secondary N) is 1. The molecule has 130 valence electrons. The maximum atomic E-state index is 13.2. The molecule has 0 spiro atoms. The Balaban J connectivity index is 1.70. The molecular weight excluding hydrogens is 309 g/mol. The summed E-state index contributed by atoms with van der Waals surface area (Å²) >= 11 is 0. The van der Waals surface area contributed by atoms with E-state index in [0.717, 1.165) is 31.2 Å². The van der Waals surface area contributed by atoms with Gasteiger partial charge in [0.15, 0.2) is 0 Å². The average Bonchev–Trinajstić information content (AvgIpc) is 3.07. The highest BCUT2D eigenvalue weighted by Gasteiger charge is 2.43. The highest BCUT2D eigenvalue weighted by Crippen LogP contribution is 2.41. The summed E-state index contributed by atoms with van der Waals surface area (Å²) in [6, 6.07) is 6.33. The summed E-state index contributed by atoms with van der Waals surface area (Å²) in [6.07, 6.45) is 6.22. The van der Waals surface area contributed by atoms with Crippen LogP contribution in [-0.2, 0) is 15.0 Å². The van der Waals surface area contributed by atoms with Gasteiger partial charge in [0.2, 0.25) is 5.91 Å². The van der Waals surface area contributed by atoms with Crippen LogP contribution in [0.1, 0.15) is 56.9 Å². The maximum absolute atomic E-state index is 13.2. The lowest BCUT2D eigenvalue weighted by atomic mass is 9.77. The first kappa shape index (κ1) is 16.9. The molecule has 24 heavy (non-hydrogen) atoms. The molecule has 0 radical (unpaired) electrons. The zero-order valence-corrected chi connectivity index (χ0v) is 13.8. The van der Waals surface area contributed by atoms with Crippen molar-refractivity contribution in [3.8, 4) is 0 Å². The van der Waals surface area contributed by atoms with Crippen molar-refractivity contribution < 1.29 is 19.1 Å². The van der Waals surface area contributed by atoms with Gasteiger partial charge in [-0.3, -0.25) is 9.59 Å². The number of amides is 1. The monoisotopic (exact) mass is 333 g/mol. The van der Waals surface area contributed by atoms with Crippen molar-refractivity contribution in [2.45, 2.75) is 62.8 Å². The molecule has 0 aliphatic heterocycles. The van der Waals surface area contributed by atoms with Gasteiger partial charge in [-0.15, -0.1) is 0 Å². The summed E-state index contributed by atoms with van der Waals surface area (Å²) in [4.78, 5) is 24.1. The molecule has 0 saturated heterocycles. The van der Waals surface area contributed by atoms with Crippen LogP contribution < -0.4 is 5.32 Å². The van der Waals surface area contributed by atoms with E-state index in [0.29, 0.717) is 25.7 Å². The van der Waals surface area contributed by atoms with Crippen LogP contribution in [0.25, 0.3) is 0 Å². The number of carboxylic acids is 1. The molecule has 2 fully saturated rings. The molecule has 2 aliphatic carbocycles. The second kappa shape index (κ2) is 6.91. The largest absolute Gasteiger partial charge is 0.481 e. The van der Waals surface area contributed by atoms with Crippen molar-refractivity contribution in [1.82, 2.24) is 5.32 Å². The van der Waals surface area contributed by atoms with E-state index in [1.54, 1.807) is 12.1 Å². The fourth-order valence-electron chi connectivity index (χ4n) is 4.20. The molecule has 0 heterocycles. The quantitative estimate of drug-likeness (QED) is 0.887. The van der Waals surface area contributed by atoms with E-state index in [1.807, 2.05) is 0 Å². The Morgan fingerprint density at radius 3 is 2.17 bits per heavy atom. The molecule has 0 atom stereocenters. The third kappa shape index (κ3) is 3.30. The molecule has 2 saturated carbocycles. The average molecular weight is 333 g/mol. The molecule has 0 aromatic heterocycles. The Morgan fingerprint density at radius 1 is 1.04 bits per heavy atom. The van der Waals surface area contributed by atoms with Crippen LogP contribution in [0.15, 0.2) is 24.3 Å². The molecule has 1 amide bonds. The topological polar surface area (TPSA) is 66.4 Å². The SMILES string of the molecule is O=C(O)C1CCC(NC(=O)C2(c3ccc(F)cc3)CCCC2)CC1.